The smallest absolute Gasteiger partial charge is 0.0613 e. The van der Waals surface area contributed by atoms with Crippen molar-refractivity contribution in [1.29, 1.82) is 0 Å². The molecule has 0 spiro atoms. The molecule has 0 aliphatic heterocycles. The Morgan fingerprint density at radius 2 is 1.85 bits per heavy atom. The SMILES string of the molecule is CCC(CC)(CO)NCc1c(C)c2ccccc2n1C. The molecule has 2 rings (SSSR count). The molecule has 20 heavy (non-hydrogen) atoms. The van der Waals surface area contributed by atoms with E-state index in [1.54, 1.807) is 0 Å². The summed E-state index contributed by atoms with van der Waals surface area (Å²) in [4.78, 5) is 0. The van der Waals surface area contributed by atoms with Crippen molar-refractivity contribution in [3.63, 3.8) is 0 Å². The Morgan fingerprint density at radius 1 is 1.20 bits per heavy atom. The van der Waals surface area contributed by atoms with Crippen LogP contribution in [-0.4, -0.2) is 21.8 Å². The van der Waals surface area contributed by atoms with Gasteiger partial charge in [-0.05, 0) is 31.4 Å². The van der Waals surface area contributed by atoms with Gasteiger partial charge in [0.25, 0.3) is 0 Å². The van der Waals surface area contributed by atoms with Crippen molar-refractivity contribution in [2.45, 2.75) is 45.7 Å². The summed E-state index contributed by atoms with van der Waals surface area (Å²) < 4.78 is 2.26. The first kappa shape index (κ1) is 15.1. The minimum Gasteiger partial charge on any atom is -0.394 e. The molecule has 1 heterocycles. The van der Waals surface area contributed by atoms with E-state index in [0.29, 0.717) is 0 Å². The Bertz CT molecular complexity index is 535. The van der Waals surface area contributed by atoms with Gasteiger partial charge in [-0.2, -0.15) is 0 Å². The van der Waals surface area contributed by atoms with Crippen LogP contribution in [0.3, 0.4) is 0 Å². The zero-order chi connectivity index (χ0) is 14.8. The summed E-state index contributed by atoms with van der Waals surface area (Å²) in [5.41, 5.74) is 3.73. The topological polar surface area (TPSA) is 37.2 Å². The zero-order valence-corrected chi connectivity index (χ0v) is 13.0. The summed E-state index contributed by atoms with van der Waals surface area (Å²) in [6.45, 7) is 7.41. The van der Waals surface area contributed by atoms with Gasteiger partial charge in [-0.15, -0.1) is 0 Å². The van der Waals surface area contributed by atoms with Crippen molar-refractivity contribution >= 4 is 10.9 Å². The van der Waals surface area contributed by atoms with Gasteiger partial charge in [0.2, 0.25) is 0 Å². The van der Waals surface area contributed by atoms with Crippen molar-refractivity contribution < 1.29 is 5.11 Å². The highest BCUT2D eigenvalue weighted by Crippen LogP contribution is 2.25. The highest BCUT2D eigenvalue weighted by molar-refractivity contribution is 5.85. The predicted octanol–water partition coefficient (Wildman–Crippen LogP) is 3.13. The molecule has 1 aromatic heterocycles. The van der Waals surface area contributed by atoms with Crippen LogP contribution in [0, 0.1) is 6.92 Å². The lowest BCUT2D eigenvalue weighted by atomic mass is 9.93. The lowest BCUT2D eigenvalue weighted by Crippen LogP contribution is -2.47. The lowest BCUT2D eigenvalue weighted by molar-refractivity contribution is 0.149. The Balaban J connectivity index is 2.30. The summed E-state index contributed by atoms with van der Waals surface area (Å²) in [5, 5.41) is 14.5. The third-order valence-electron chi connectivity index (χ3n) is 4.79. The van der Waals surface area contributed by atoms with E-state index >= 15 is 0 Å². The highest BCUT2D eigenvalue weighted by atomic mass is 16.3. The third-order valence-corrected chi connectivity index (χ3v) is 4.79. The van der Waals surface area contributed by atoms with Crippen LogP contribution < -0.4 is 5.32 Å². The van der Waals surface area contributed by atoms with Crippen LogP contribution in [0.15, 0.2) is 24.3 Å². The van der Waals surface area contributed by atoms with Gasteiger partial charge >= 0.3 is 0 Å². The number of aliphatic hydroxyl groups excluding tert-OH is 1. The minimum absolute atomic E-state index is 0.164. The Hall–Kier alpha value is -1.32. The average Bonchev–Trinajstić information content (AvgIpc) is 2.74. The van der Waals surface area contributed by atoms with Crippen molar-refractivity contribution in [3.05, 3.63) is 35.5 Å². The number of aromatic nitrogens is 1. The molecule has 0 saturated carbocycles. The molecule has 2 N–H and O–H groups in total. The first-order chi connectivity index (χ1) is 9.58. The number of aryl methyl sites for hydroxylation is 2. The van der Waals surface area contributed by atoms with Crippen LogP contribution in [0.1, 0.15) is 37.9 Å². The van der Waals surface area contributed by atoms with Gasteiger partial charge in [0.1, 0.15) is 0 Å². The number of para-hydroxylation sites is 1. The fraction of sp³-hybridized carbons (Fsp3) is 0.529. The molecule has 1 aromatic carbocycles. The summed E-state index contributed by atoms with van der Waals surface area (Å²) in [6.07, 6.45) is 1.87. The second-order valence-corrected chi connectivity index (χ2v) is 5.65. The zero-order valence-electron chi connectivity index (χ0n) is 13.0. The molecule has 0 aliphatic rings. The second kappa shape index (κ2) is 5.98. The van der Waals surface area contributed by atoms with E-state index in [4.69, 9.17) is 0 Å². The first-order valence-electron chi connectivity index (χ1n) is 7.47. The van der Waals surface area contributed by atoms with Crippen LogP contribution in [-0.2, 0) is 13.6 Å². The number of aliphatic hydroxyl groups is 1. The van der Waals surface area contributed by atoms with Gasteiger partial charge in [-0.1, -0.05) is 32.0 Å². The Labute approximate surface area is 121 Å². The molecule has 3 heteroatoms. The number of benzene rings is 1. The van der Waals surface area contributed by atoms with Gasteiger partial charge in [-0.25, -0.2) is 0 Å². The molecular formula is C17H26N2O. The summed E-state index contributed by atoms with van der Waals surface area (Å²) >= 11 is 0. The number of hydrogen-bond acceptors (Lipinski definition) is 2. The monoisotopic (exact) mass is 274 g/mol. The van der Waals surface area contributed by atoms with Crippen molar-refractivity contribution in [3.8, 4) is 0 Å². The average molecular weight is 274 g/mol. The summed E-state index contributed by atoms with van der Waals surface area (Å²) in [6, 6.07) is 8.50. The molecule has 0 radical (unpaired) electrons. The van der Waals surface area contributed by atoms with E-state index in [1.807, 2.05) is 0 Å². The lowest BCUT2D eigenvalue weighted by Gasteiger charge is -2.31. The van der Waals surface area contributed by atoms with Gasteiger partial charge < -0.3 is 15.0 Å². The Kier molecular flexibility index (Phi) is 4.51. The van der Waals surface area contributed by atoms with Gasteiger partial charge in [0, 0.05) is 35.7 Å². The maximum absolute atomic E-state index is 9.66. The standard InChI is InChI=1S/C17H26N2O/c1-5-17(6-2,12-20)18-11-16-13(3)14-9-7-8-10-15(14)19(16)4/h7-10,18,20H,5-6,11-12H2,1-4H3. The number of fused-ring (bicyclic) bond motifs is 1. The van der Waals surface area contributed by atoms with Gasteiger partial charge in [0.15, 0.2) is 0 Å². The molecule has 0 bridgehead atoms. The number of rotatable bonds is 6. The quantitative estimate of drug-likeness (QED) is 0.849. The minimum atomic E-state index is -0.164. The van der Waals surface area contributed by atoms with Crippen LogP contribution in [0.4, 0.5) is 0 Å². The molecule has 0 saturated heterocycles. The number of nitrogens with one attached hydrogen (secondary N) is 1. The fourth-order valence-corrected chi connectivity index (χ4v) is 2.94. The molecule has 2 aromatic rings. The molecular weight excluding hydrogens is 248 g/mol. The van der Waals surface area contributed by atoms with E-state index in [9.17, 15) is 5.11 Å². The molecule has 0 unspecified atom stereocenters. The van der Waals surface area contributed by atoms with E-state index in [0.717, 1.165) is 19.4 Å². The highest BCUT2D eigenvalue weighted by Gasteiger charge is 2.25. The fourth-order valence-electron chi connectivity index (χ4n) is 2.94. The van der Waals surface area contributed by atoms with Crippen LogP contribution in [0.25, 0.3) is 10.9 Å². The van der Waals surface area contributed by atoms with Crippen molar-refractivity contribution in [1.82, 2.24) is 9.88 Å². The maximum Gasteiger partial charge on any atom is 0.0613 e. The van der Waals surface area contributed by atoms with Gasteiger partial charge in [-0.3, -0.25) is 0 Å². The summed E-state index contributed by atoms with van der Waals surface area (Å²) in [7, 11) is 2.12. The number of nitrogens with zero attached hydrogens (tertiary/aromatic N) is 1. The van der Waals surface area contributed by atoms with Crippen molar-refractivity contribution in [2.24, 2.45) is 7.05 Å². The normalized spacial score (nSPS) is 12.2. The van der Waals surface area contributed by atoms with E-state index < -0.39 is 0 Å². The third kappa shape index (κ3) is 2.48. The maximum atomic E-state index is 9.66. The molecule has 0 amide bonds. The van der Waals surface area contributed by atoms with Gasteiger partial charge in [0.05, 0.1) is 6.61 Å². The molecule has 3 nitrogen and oxygen atoms in total. The first-order valence-corrected chi connectivity index (χ1v) is 7.47. The predicted molar refractivity (Wildman–Crippen MR) is 84.9 cm³/mol. The second-order valence-electron chi connectivity index (χ2n) is 5.65. The van der Waals surface area contributed by atoms with Crippen molar-refractivity contribution in [2.75, 3.05) is 6.61 Å². The molecule has 0 fully saturated rings. The summed E-state index contributed by atoms with van der Waals surface area (Å²) in [5.74, 6) is 0. The Morgan fingerprint density at radius 3 is 2.40 bits per heavy atom. The molecule has 0 aliphatic carbocycles. The largest absolute Gasteiger partial charge is 0.394 e. The van der Waals surface area contributed by atoms with Crippen LogP contribution in [0.2, 0.25) is 0 Å². The van der Waals surface area contributed by atoms with E-state index in [1.165, 1.54) is 22.2 Å². The number of hydrogen-bond donors (Lipinski definition) is 2. The van der Waals surface area contributed by atoms with E-state index in [2.05, 4.69) is 62.0 Å². The van der Waals surface area contributed by atoms with E-state index in [-0.39, 0.29) is 12.1 Å². The van der Waals surface area contributed by atoms with Crippen LogP contribution in [0.5, 0.6) is 0 Å². The molecule has 0 atom stereocenters. The van der Waals surface area contributed by atoms with Crippen LogP contribution >= 0.6 is 0 Å². The molecule has 110 valence electrons.